The summed E-state index contributed by atoms with van der Waals surface area (Å²) >= 11 is 0. The molecule has 0 amide bonds. The predicted molar refractivity (Wildman–Crippen MR) is 195 cm³/mol. The molecule has 0 aliphatic heterocycles. The Morgan fingerprint density at radius 2 is 0.571 bits per heavy atom. The third-order valence-corrected chi connectivity index (χ3v) is 9.02. The van der Waals surface area contributed by atoms with Gasteiger partial charge in [0.05, 0.1) is 11.1 Å². The van der Waals surface area contributed by atoms with E-state index in [-0.39, 0.29) is 0 Å². The summed E-state index contributed by atoms with van der Waals surface area (Å²) in [5, 5.41) is 7.20. The molecule has 5 nitrogen and oxygen atoms in total. The van der Waals surface area contributed by atoms with Crippen LogP contribution in [0.3, 0.4) is 0 Å². The quantitative estimate of drug-likeness (QED) is 0.0803. The molecule has 0 aromatic heterocycles. The van der Waals surface area contributed by atoms with Crippen LogP contribution >= 0.6 is 0 Å². The van der Waals surface area contributed by atoms with Gasteiger partial charge in [0, 0.05) is 0 Å². The van der Waals surface area contributed by atoms with Gasteiger partial charge in [-0.2, -0.15) is 0 Å². The Morgan fingerprint density at radius 1 is 0.388 bits per heavy atom. The Kier molecular flexibility index (Phi) is 10.2. The molecule has 0 fully saturated rings. The zero-order chi connectivity index (χ0) is 34.1. The summed E-state index contributed by atoms with van der Waals surface area (Å²) in [5.41, 5.74) is 3.90. The van der Waals surface area contributed by atoms with Crippen molar-refractivity contribution >= 4 is 11.9 Å². The normalized spacial score (nSPS) is 12.9. The Balaban J connectivity index is 1.32. The van der Waals surface area contributed by atoms with Gasteiger partial charge in [-0.05, 0) is 47.2 Å². The fourth-order valence-electron chi connectivity index (χ4n) is 6.67. The van der Waals surface area contributed by atoms with Crippen LogP contribution in [0.25, 0.3) is 0 Å². The van der Waals surface area contributed by atoms with Crippen LogP contribution in [-0.2, 0) is 25.4 Å². The van der Waals surface area contributed by atoms with Gasteiger partial charge in [0.15, 0.2) is 0 Å². The lowest BCUT2D eigenvalue weighted by Crippen LogP contribution is -2.54. The molecule has 0 heterocycles. The van der Waals surface area contributed by atoms with Crippen molar-refractivity contribution in [1.82, 2.24) is 10.6 Å². The van der Waals surface area contributed by atoms with Gasteiger partial charge >= 0.3 is 11.9 Å². The van der Waals surface area contributed by atoms with Gasteiger partial charge in [-0.15, -0.1) is 0 Å². The molecule has 244 valence electrons. The second-order valence-corrected chi connectivity index (χ2v) is 12.2. The lowest BCUT2D eigenvalue weighted by atomic mass is 9.76. The second-order valence-electron chi connectivity index (χ2n) is 12.2. The van der Waals surface area contributed by atoms with Gasteiger partial charge in [-0.3, -0.25) is 10.6 Å². The lowest BCUT2D eigenvalue weighted by molar-refractivity contribution is -0.162. The highest BCUT2D eigenvalue weighted by molar-refractivity contribution is 5.91. The van der Waals surface area contributed by atoms with Crippen LogP contribution in [0.4, 0.5) is 0 Å². The number of carbonyl (C=O) groups is 2. The average Bonchev–Trinajstić information content (AvgIpc) is 3.18. The molecule has 0 bridgehead atoms. The summed E-state index contributed by atoms with van der Waals surface area (Å²) in [5.74, 6) is -1.34. The van der Waals surface area contributed by atoms with Crippen LogP contribution in [0, 0.1) is 0 Å². The fourth-order valence-corrected chi connectivity index (χ4v) is 6.67. The standard InChI is InChI=1S/C44H40N2O3/c1-33(45-43(35-21-9-3-10-22-35,36-23-11-4-12-24-36)37-25-13-5-14-26-37)41(47)49-42(48)34(2)46-44(38-27-15-6-16-28-38,39-29-17-7-18-30-39)40-31-19-8-20-32-40/h3-34,45-46H,1-2H3/t33-,34-/m1/s1. The predicted octanol–water partition coefficient (Wildman–Crippen LogP) is 8.00. The fraction of sp³-hybridized carbons (Fsp3) is 0.136. The first kappa shape index (κ1) is 33.3. The SMILES string of the molecule is C[C@@H](NC(c1ccccc1)(c1ccccc1)c1ccccc1)C(=O)OC(=O)[C@@H](C)NC(c1ccccc1)(c1ccccc1)c1ccccc1. The second kappa shape index (κ2) is 15.1. The maximum Gasteiger partial charge on any atom is 0.330 e. The van der Waals surface area contributed by atoms with Gasteiger partial charge in [0.1, 0.15) is 12.1 Å². The zero-order valence-electron chi connectivity index (χ0n) is 27.7. The summed E-state index contributed by atoms with van der Waals surface area (Å²) in [7, 11) is 0. The molecular weight excluding hydrogens is 604 g/mol. The third-order valence-electron chi connectivity index (χ3n) is 9.02. The number of carbonyl (C=O) groups excluding carboxylic acids is 2. The minimum Gasteiger partial charge on any atom is -0.391 e. The zero-order valence-corrected chi connectivity index (χ0v) is 27.7. The highest BCUT2D eigenvalue weighted by atomic mass is 16.6. The minimum atomic E-state index is -0.905. The number of hydrogen-bond donors (Lipinski definition) is 2. The van der Waals surface area contributed by atoms with Gasteiger partial charge in [0.25, 0.3) is 0 Å². The summed E-state index contributed by atoms with van der Waals surface area (Å²) in [4.78, 5) is 27.7. The molecule has 5 heteroatoms. The monoisotopic (exact) mass is 644 g/mol. The number of benzene rings is 6. The molecule has 0 radical (unpaired) electrons. The van der Waals surface area contributed by atoms with Crippen molar-refractivity contribution in [1.29, 1.82) is 0 Å². The maximum atomic E-state index is 13.9. The van der Waals surface area contributed by atoms with E-state index in [4.69, 9.17) is 4.74 Å². The highest BCUT2D eigenvalue weighted by Crippen LogP contribution is 2.39. The molecule has 2 atom stereocenters. The first-order valence-electron chi connectivity index (χ1n) is 16.6. The average molecular weight is 645 g/mol. The Bertz CT molecular complexity index is 1600. The van der Waals surface area contributed by atoms with Gasteiger partial charge < -0.3 is 4.74 Å². The van der Waals surface area contributed by atoms with E-state index in [1.165, 1.54) is 0 Å². The first-order chi connectivity index (χ1) is 23.9. The van der Waals surface area contributed by atoms with Crippen LogP contribution in [0.5, 0.6) is 0 Å². The van der Waals surface area contributed by atoms with Gasteiger partial charge in [-0.1, -0.05) is 182 Å². The van der Waals surface area contributed by atoms with Crippen LogP contribution < -0.4 is 10.6 Å². The van der Waals surface area contributed by atoms with E-state index in [9.17, 15) is 9.59 Å². The molecule has 0 saturated carbocycles. The van der Waals surface area contributed by atoms with Crippen molar-refractivity contribution in [3.05, 3.63) is 215 Å². The van der Waals surface area contributed by atoms with Crippen molar-refractivity contribution in [3.8, 4) is 0 Å². The van der Waals surface area contributed by atoms with Crippen LogP contribution in [0.2, 0.25) is 0 Å². The van der Waals surface area contributed by atoms with E-state index >= 15 is 0 Å². The topological polar surface area (TPSA) is 67.4 Å². The largest absolute Gasteiger partial charge is 0.391 e. The lowest BCUT2D eigenvalue weighted by Gasteiger charge is -2.39. The van der Waals surface area contributed by atoms with Gasteiger partial charge in [-0.25, -0.2) is 9.59 Å². The van der Waals surface area contributed by atoms with E-state index < -0.39 is 35.1 Å². The molecule has 6 rings (SSSR count). The summed E-state index contributed by atoms with van der Waals surface area (Å²) < 4.78 is 5.68. The number of ether oxygens (including phenoxy) is 1. The van der Waals surface area contributed by atoms with Crippen molar-refractivity contribution in [2.75, 3.05) is 0 Å². The number of esters is 2. The molecular formula is C44H40N2O3. The van der Waals surface area contributed by atoms with Crippen molar-refractivity contribution in [3.63, 3.8) is 0 Å². The molecule has 2 N–H and O–H groups in total. The summed E-state index contributed by atoms with van der Waals surface area (Å²) in [6, 6.07) is 58.3. The van der Waals surface area contributed by atoms with E-state index in [1.54, 1.807) is 13.8 Å². The number of nitrogens with one attached hydrogen (secondary N) is 2. The first-order valence-corrected chi connectivity index (χ1v) is 16.6. The molecule has 6 aromatic carbocycles. The third kappa shape index (κ3) is 6.86. The Labute approximate surface area is 288 Å². The van der Waals surface area contributed by atoms with Gasteiger partial charge in [0.2, 0.25) is 0 Å². The molecule has 0 aliphatic carbocycles. The van der Waals surface area contributed by atoms with E-state index in [0.29, 0.717) is 0 Å². The van der Waals surface area contributed by atoms with Crippen LogP contribution in [-0.4, -0.2) is 24.0 Å². The molecule has 0 spiro atoms. The number of hydrogen-bond acceptors (Lipinski definition) is 5. The molecule has 0 aliphatic rings. The summed E-state index contributed by atoms with van der Waals surface area (Å²) in [6.07, 6.45) is 0. The minimum absolute atomic E-state index is 0.671. The number of rotatable bonds is 12. The maximum absolute atomic E-state index is 13.9. The molecule has 49 heavy (non-hydrogen) atoms. The Morgan fingerprint density at radius 3 is 0.755 bits per heavy atom. The smallest absolute Gasteiger partial charge is 0.330 e. The van der Waals surface area contributed by atoms with Crippen molar-refractivity contribution < 1.29 is 14.3 Å². The van der Waals surface area contributed by atoms with E-state index in [2.05, 4.69) is 10.6 Å². The van der Waals surface area contributed by atoms with Crippen LogP contribution in [0.15, 0.2) is 182 Å². The molecule has 6 aromatic rings. The van der Waals surface area contributed by atoms with Crippen molar-refractivity contribution in [2.24, 2.45) is 0 Å². The molecule has 0 saturated heterocycles. The molecule has 0 unspecified atom stereocenters. The Hall–Kier alpha value is -5.62. The van der Waals surface area contributed by atoms with Crippen LogP contribution in [0.1, 0.15) is 47.2 Å². The highest BCUT2D eigenvalue weighted by Gasteiger charge is 2.41. The van der Waals surface area contributed by atoms with E-state index in [1.807, 2.05) is 182 Å². The van der Waals surface area contributed by atoms with Crippen molar-refractivity contribution in [2.45, 2.75) is 37.0 Å². The van der Waals surface area contributed by atoms with E-state index in [0.717, 1.165) is 33.4 Å². The summed E-state index contributed by atoms with van der Waals surface area (Å²) in [6.45, 7) is 3.47.